The summed E-state index contributed by atoms with van der Waals surface area (Å²) in [5.74, 6) is 0. The van der Waals surface area contributed by atoms with Gasteiger partial charge < -0.3 is 5.32 Å². The van der Waals surface area contributed by atoms with E-state index in [0.717, 1.165) is 17.6 Å². The number of hydrogen-bond donors (Lipinski definition) is 1. The molecule has 2 rings (SSSR count). The molecule has 0 atom stereocenters. The summed E-state index contributed by atoms with van der Waals surface area (Å²) < 4.78 is 3.14. The first-order valence-electron chi connectivity index (χ1n) is 6.13. The van der Waals surface area contributed by atoms with Crippen LogP contribution in [0.15, 0.2) is 28.9 Å². The van der Waals surface area contributed by atoms with Gasteiger partial charge >= 0.3 is 0 Å². The minimum atomic E-state index is 0.803. The summed E-state index contributed by atoms with van der Waals surface area (Å²) in [5.41, 5.74) is 4.93. The molecule has 0 amide bonds. The van der Waals surface area contributed by atoms with E-state index in [4.69, 9.17) is 0 Å². The van der Waals surface area contributed by atoms with E-state index in [1.807, 2.05) is 10.9 Å². The SMILES string of the molecule is CCn1nccc1CNc1c(C)cc(Br)cc1C. The number of hydrogen-bond acceptors (Lipinski definition) is 2. The van der Waals surface area contributed by atoms with Crippen molar-refractivity contribution in [2.75, 3.05) is 5.32 Å². The van der Waals surface area contributed by atoms with Crippen LogP contribution >= 0.6 is 15.9 Å². The summed E-state index contributed by atoms with van der Waals surface area (Å²) in [6.07, 6.45) is 1.85. The van der Waals surface area contributed by atoms with Crippen LogP contribution in [0.5, 0.6) is 0 Å². The van der Waals surface area contributed by atoms with E-state index >= 15 is 0 Å². The van der Waals surface area contributed by atoms with Crippen molar-refractivity contribution in [3.63, 3.8) is 0 Å². The zero-order valence-electron chi connectivity index (χ0n) is 11.0. The van der Waals surface area contributed by atoms with Crippen LogP contribution in [0, 0.1) is 13.8 Å². The van der Waals surface area contributed by atoms with Gasteiger partial charge in [-0.25, -0.2) is 0 Å². The van der Waals surface area contributed by atoms with Gasteiger partial charge in [-0.05, 0) is 50.1 Å². The summed E-state index contributed by atoms with van der Waals surface area (Å²) in [7, 11) is 0. The summed E-state index contributed by atoms with van der Waals surface area (Å²) in [6, 6.07) is 6.32. The molecule has 0 fully saturated rings. The number of rotatable bonds is 4. The van der Waals surface area contributed by atoms with Gasteiger partial charge in [-0.3, -0.25) is 4.68 Å². The minimum Gasteiger partial charge on any atom is -0.379 e. The van der Waals surface area contributed by atoms with E-state index in [0.29, 0.717) is 0 Å². The highest BCUT2D eigenvalue weighted by molar-refractivity contribution is 9.10. The first-order chi connectivity index (χ1) is 8.61. The Balaban J connectivity index is 2.16. The van der Waals surface area contributed by atoms with Crippen molar-refractivity contribution < 1.29 is 0 Å². The normalized spacial score (nSPS) is 10.7. The lowest BCUT2D eigenvalue weighted by Gasteiger charge is -2.14. The fraction of sp³-hybridized carbons (Fsp3) is 0.357. The molecule has 0 aliphatic heterocycles. The largest absolute Gasteiger partial charge is 0.379 e. The summed E-state index contributed by atoms with van der Waals surface area (Å²) in [4.78, 5) is 0. The Hall–Kier alpha value is -1.29. The van der Waals surface area contributed by atoms with E-state index in [1.165, 1.54) is 22.5 Å². The molecule has 0 aliphatic rings. The smallest absolute Gasteiger partial charge is 0.0575 e. The van der Waals surface area contributed by atoms with Crippen LogP contribution in [0.3, 0.4) is 0 Å². The number of anilines is 1. The molecule has 0 radical (unpaired) electrons. The maximum Gasteiger partial charge on any atom is 0.0575 e. The van der Waals surface area contributed by atoms with Crippen molar-refractivity contribution in [3.8, 4) is 0 Å². The Morgan fingerprint density at radius 3 is 2.56 bits per heavy atom. The fourth-order valence-electron chi connectivity index (χ4n) is 2.16. The van der Waals surface area contributed by atoms with Gasteiger partial charge in [0.2, 0.25) is 0 Å². The van der Waals surface area contributed by atoms with Crippen LogP contribution in [-0.2, 0) is 13.1 Å². The lowest BCUT2D eigenvalue weighted by molar-refractivity contribution is 0.627. The molecular formula is C14H18BrN3. The molecular weight excluding hydrogens is 290 g/mol. The van der Waals surface area contributed by atoms with Crippen LogP contribution in [0.1, 0.15) is 23.7 Å². The lowest BCUT2D eigenvalue weighted by atomic mass is 10.1. The molecule has 4 heteroatoms. The molecule has 2 aromatic rings. The molecule has 1 N–H and O–H groups in total. The first kappa shape index (κ1) is 13.1. The van der Waals surface area contributed by atoms with Crippen molar-refractivity contribution in [1.82, 2.24) is 9.78 Å². The zero-order valence-corrected chi connectivity index (χ0v) is 12.6. The fourth-order valence-corrected chi connectivity index (χ4v) is 2.85. The molecule has 96 valence electrons. The quantitative estimate of drug-likeness (QED) is 0.928. The van der Waals surface area contributed by atoms with Crippen molar-refractivity contribution in [1.29, 1.82) is 0 Å². The Labute approximate surface area is 116 Å². The molecule has 1 aromatic heterocycles. The van der Waals surface area contributed by atoms with E-state index < -0.39 is 0 Å². The van der Waals surface area contributed by atoms with Gasteiger partial charge in [-0.1, -0.05) is 15.9 Å². The Morgan fingerprint density at radius 2 is 1.94 bits per heavy atom. The molecule has 1 aromatic carbocycles. The third kappa shape index (κ3) is 2.75. The topological polar surface area (TPSA) is 29.9 Å². The second-order valence-corrected chi connectivity index (χ2v) is 5.32. The highest BCUT2D eigenvalue weighted by Gasteiger charge is 2.05. The number of nitrogens with zero attached hydrogens (tertiary/aromatic N) is 2. The maximum atomic E-state index is 4.28. The minimum absolute atomic E-state index is 0.803. The van der Waals surface area contributed by atoms with Crippen molar-refractivity contribution >= 4 is 21.6 Å². The second kappa shape index (κ2) is 5.57. The molecule has 0 saturated heterocycles. The molecule has 3 nitrogen and oxygen atoms in total. The third-order valence-corrected chi connectivity index (χ3v) is 3.51. The lowest BCUT2D eigenvalue weighted by Crippen LogP contribution is -2.09. The van der Waals surface area contributed by atoms with Crippen LogP contribution in [-0.4, -0.2) is 9.78 Å². The number of aryl methyl sites for hydroxylation is 3. The maximum absolute atomic E-state index is 4.28. The van der Waals surface area contributed by atoms with Crippen LogP contribution in [0.25, 0.3) is 0 Å². The molecule has 0 bridgehead atoms. The monoisotopic (exact) mass is 307 g/mol. The standard InChI is InChI=1S/C14H18BrN3/c1-4-18-13(5-6-17-18)9-16-14-10(2)7-12(15)8-11(14)3/h5-8,16H,4,9H2,1-3H3. The van der Waals surface area contributed by atoms with E-state index in [9.17, 15) is 0 Å². The van der Waals surface area contributed by atoms with Gasteiger partial charge in [0.05, 0.1) is 12.2 Å². The molecule has 0 aliphatic carbocycles. The van der Waals surface area contributed by atoms with Gasteiger partial charge in [0.1, 0.15) is 0 Å². The highest BCUT2D eigenvalue weighted by atomic mass is 79.9. The second-order valence-electron chi connectivity index (χ2n) is 4.41. The van der Waals surface area contributed by atoms with Gasteiger partial charge in [-0.15, -0.1) is 0 Å². The number of aromatic nitrogens is 2. The average Bonchev–Trinajstić information content (AvgIpc) is 2.75. The number of halogens is 1. The summed E-state index contributed by atoms with van der Waals surface area (Å²) in [5, 5.41) is 7.78. The van der Waals surface area contributed by atoms with Crippen LogP contribution < -0.4 is 5.32 Å². The molecule has 0 unspecified atom stereocenters. The van der Waals surface area contributed by atoms with Gasteiger partial charge in [0, 0.05) is 22.9 Å². The predicted octanol–water partition coefficient (Wildman–Crippen LogP) is 3.89. The van der Waals surface area contributed by atoms with E-state index in [2.05, 4.69) is 65.3 Å². The van der Waals surface area contributed by atoms with Crippen LogP contribution in [0.4, 0.5) is 5.69 Å². The average molecular weight is 308 g/mol. The van der Waals surface area contributed by atoms with Crippen molar-refractivity contribution in [2.24, 2.45) is 0 Å². The first-order valence-corrected chi connectivity index (χ1v) is 6.92. The summed E-state index contributed by atoms with van der Waals surface area (Å²) >= 11 is 3.52. The van der Waals surface area contributed by atoms with E-state index in [1.54, 1.807) is 0 Å². The highest BCUT2D eigenvalue weighted by Crippen LogP contribution is 2.25. The molecule has 18 heavy (non-hydrogen) atoms. The predicted molar refractivity (Wildman–Crippen MR) is 78.8 cm³/mol. The van der Waals surface area contributed by atoms with Crippen LogP contribution in [0.2, 0.25) is 0 Å². The molecule has 0 saturated carbocycles. The summed E-state index contributed by atoms with van der Waals surface area (Å²) in [6.45, 7) is 8.06. The Kier molecular flexibility index (Phi) is 4.07. The molecule has 0 spiro atoms. The number of benzene rings is 1. The Morgan fingerprint density at radius 1 is 1.28 bits per heavy atom. The van der Waals surface area contributed by atoms with Gasteiger partial charge in [0.15, 0.2) is 0 Å². The third-order valence-electron chi connectivity index (χ3n) is 3.05. The molecule has 1 heterocycles. The zero-order chi connectivity index (χ0) is 13.1. The van der Waals surface area contributed by atoms with Gasteiger partial charge in [0.25, 0.3) is 0 Å². The number of nitrogens with one attached hydrogen (secondary N) is 1. The van der Waals surface area contributed by atoms with Crippen molar-refractivity contribution in [2.45, 2.75) is 33.9 Å². The van der Waals surface area contributed by atoms with Gasteiger partial charge in [-0.2, -0.15) is 5.10 Å². The van der Waals surface area contributed by atoms with E-state index in [-0.39, 0.29) is 0 Å². The Bertz CT molecular complexity index is 523. The van der Waals surface area contributed by atoms with Crippen molar-refractivity contribution in [3.05, 3.63) is 45.7 Å².